The van der Waals surface area contributed by atoms with Crippen LogP contribution in [0.25, 0.3) is 11.0 Å². The molecule has 0 unspecified atom stereocenters. The molecule has 2 aromatic carbocycles. The Kier molecular flexibility index (Phi) is 6.98. The Labute approximate surface area is 233 Å². The van der Waals surface area contributed by atoms with E-state index in [9.17, 15) is 19.5 Å². The number of carbonyl (C=O) groups excluding carboxylic acids is 2. The number of nitrogens with zero attached hydrogens (tertiary/aromatic N) is 4. The van der Waals surface area contributed by atoms with Crippen LogP contribution in [-0.4, -0.2) is 52.3 Å². The smallest absolute Gasteiger partial charge is 0.414 e. The summed E-state index contributed by atoms with van der Waals surface area (Å²) in [7, 11) is 1.40. The third-order valence-electron chi connectivity index (χ3n) is 8.94. The van der Waals surface area contributed by atoms with Crippen LogP contribution in [0, 0.1) is 5.92 Å². The first-order valence-corrected chi connectivity index (χ1v) is 14.4. The molecular formula is C31H36N4O5. The molecule has 3 aliphatic rings. The topological polar surface area (TPSA) is 105 Å². The third-order valence-corrected chi connectivity index (χ3v) is 8.94. The van der Waals surface area contributed by atoms with E-state index >= 15 is 0 Å². The molecule has 1 aromatic heterocycles. The van der Waals surface area contributed by atoms with Gasteiger partial charge in [0.25, 0.3) is 0 Å². The van der Waals surface area contributed by atoms with E-state index in [2.05, 4.69) is 16.7 Å². The second-order valence-electron chi connectivity index (χ2n) is 11.4. The van der Waals surface area contributed by atoms with E-state index < -0.39 is 5.97 Å². The molecule has 9 heteroatoms. The van der Waals surface area contributed by atoms with Crippen molar-refractivity contribution < 1.29 is 24.2 Å². The van der Waals surface area contributed by atoms with Crippen LogP contribution in [0.5, 0.6) is 0 Å². The Balaban J connectivity index is 1.42. The zero-order valence-electron chi connectivity index (χ0n) is 23.1. The first kappa shape index (κ1) is 26.3. The van der Waals surface area contributed by atoms with E-state index in [1.165, 1.54) is 7.11 Å². The number of carbonyl (C=O) groups is 3. The molecule has 6 rings (SSSR count). The molecule has 3 aromatic rings. The van der Waals surface area contributed by atoms with Crippen molar-refractivity contribution in [2.24, 2.45) is 5.92 Å². The predicted molar refractivity (Wildman–Crippen MR) is 152 cm³/mol. The maximum absolute atomic E-state index is 12.7. The van der Waals surface area contributed by atoms with Crippen LogP contribution in [0.3, 0.4) is 0 Å². The molecule has 0 spiro atoms. The van der Waals surface area contributed by atoms with Gasteiger partial charge >= 0.3 is 12.1 Å². The first-order valence-electron chi connectivity index (χ1n) is 14.4. The normalized spacial score (nSPS) is 22.9. The molecule has 2 fully saturated rings. The van der Waals surface area contributed by atoms with Crippen LogP contribution in [0.15, 0.2) is 36.4 Å². The number of hydrogen-bond donors (Lipinski definition) is 1. The van der Waals surface area contributed by atoms with Gasteiger partial charge in [-0.25, -0.2) is 9.78 Å². The molecule has 1 saturated heterocycles. The van der Waals surface area contributed by atoms with Crippen molar-refractivity contribution >= 4 is 40.4 Å². The summed E-state index contributed by atoms with van der Waals surface area (Å²) in [4.78, 5) is 45.6. The van der Waals surface area contributed by atoms with E-state index in [1.807, 2.05) is 36.1 Å². The number of hydrogen-bond acceptors (Lipinski definition) is 5. The van der Waals surface area contributed by atoms with Gasteiger partial charge in [-0.15, -0.1) is 0 Å². The van der Waals surface area contributed by atoms with Gasteiger partial charge in [0.1, 0.15) is 5.82 Å². The highest BCUT2D eigenvalue weighted by Gasteiger charge is 2.34. The van der Waals surface area contributed by atoms with Crippen molar-refractivity contribution in [3.63, 3.8) is 0 Å². The van der Waals surface area contributed by atoms with Crippen molar-refractivity contribution in [2.45, 2.75) is 76.8 Å². The monoisotopic (exact) mass is 544 g/mol. The fourth-order valence-electron chi connectivity index (χ4n) is 6.88. The number of benzene rings is 2. The number of amides is 2. The van der Waals surface area contributed by atoms with Gasteiger partial charge in [-0.2, -0.15) is 0 Å². The molecule has 1 saturated carbocycles. The van der Waals surface area contributed by atoms with Crippen molar-refractivity contribution in [3.8, 4) is 0 Å². The Bertz CT molecular complexity index is 1460. The molecule has 3 heterocycles. The Morgan fingerprint density at radius 3 is 2.55 bits per heavy atom. The van der Waals surface area contributed by atoms with Gasteiger partial charge in [-0.1, -0.05) is 18.6 Å². The Morgan fingerprint density at radius 2 is 1.85 bits per heavy atom. The maximum Gasteiger partial charge on any atom is 0.414 e. The minimum absolute atomic E-state index is 0.0228. The summed E-state index contributed by atoms with van der Waals surface area (Å²) in [5.41, 5.74) is 5.74. The minimum atomic E-state index is -0.734. The average molecular weight is 545 g/mol. The van der Waals surface area contributed by atoms with Crippen molar-refractivity contribution in [1.29, 1.82) is 0 Å². The molecule has 40 heavy (non-hydrogen) atoms. The second-order valence-corrected chi connectivity index (χ2v) is 11.4. The van der Waals surface area contributed by atoms with Crippen molar-refractivity contribution in [3.05, 3.63) is 53.3 Å². The first-order chi connectivity index (χ1) is 19.4. The van der Waals surface area contributed by atoms with E-state index in [0.717, 1.165) is 78.0 Å². The molecule has 9 nitrogen and oxygen atoms in total. The SMILES string of the molecule is COC(=O)N1c2ccc3c(nc(Cc4ccc(N5CCCC5=O)cc4)n3[C@@H]3CCC[C@@H](C(=O)O)C3)c2CC[C@@H]1C. The van der Waals surface area contributed by atoms with Crippen LogP contribution in [0.2, 0.25) is 0 Å². The predicted octanol–water partition coefficient (Wildman–Crippen LogP) is 5.48. The van der Waals surface area contributed by atoms with Crippen molar-refractivity contribution in [1.82, 2.24) is 9.55 Å². The molecule has 2 amide bonds. The lowest BCUT2D eigenvalue weighted by Gasteiger charge is -2.34. The summed E-state index contributed by atoms with van der Waals surface area (Å²) >= 11 is 0. The number of aliphatic carboxylic acids is 1. The molecule has 2 aliphatic heterocycles. The number of carboxylic acid groups (broad SMARTS) is 1. The maximum atomic E-state index is 12.7. The molecule has 1 aliphatic carbocycles. The van der Waals surface area contributed by atoms with E-state index in [1.54, 1.807) is 4.90 Å². The van der Waals surface area contributed by atoms with Gasteiger partial charge in [0.15, 0.2) is 0 Å². The highest BCUT2D eigenvalue weighted by atomic mass is 16.5. The van der Waals surface area contributed by atoms with Crippen LogP contribution in [0.4, 0.5) is 16.2 Å². The molecule has 210 valence electrons. The number of fused-ring (bicyclic) bond motifs is 3. The number of methoxy groups -OCH3 is 1. The zero-order valence-corrected chi connectivity index (χ0v) is 23.1. The Morgan fingerprint density at radius 1 is 1.05 bits per heavy atom. The zero-order chi connectivity index (χ0) is 28.0. The van der Waals surface area contributed by atoms with Gasteiger partial charge in [0, 0.05) is 42.7 Å². The molecule has 0 bridgehead atoms. The lowest BCUT2D eigenvalue weighted by Crippen LogP contribution is -2.42. The minimum Gasteiger partial charge on any atom is -0.481 e. The molecule has 3 atom stereocenters. The van der Waals surface area contributed by atoms with Crippen LogP contribution in [-0.2, 0) is 27.2 Å². The van der Waals surface area contributed by atoms with E-state index in [4.69, 9.17) is 9.72 Å². The van der Waals surface area contributed by atoms with Crippen LogP contribution >= 0.6 is 0 Å². The van der Waals surface area contributed by atoms with E-state index in [0.29, 0.717) is 25.7 Å². The summed E-state index contributed by atoms with van der Waals surface area (Å²) < 4.78 is 7.37. The lowest BCUT2D eigenvalue weighted by molar-refractivity contribution is -0.143. The number of aryl methyl sites for hydroxylation is 1. The van der Waals surface area contributed by atoms with Crippen LogP contribution in [0.1, 0.15) is 74.9 Å². The Hall–Kier alpha value is -3.88. The van der Waals surface area contributed by atoms with Gasteiger partial charge in [0.05, 0.1) is 29.7 Å². The quantitative estimate of drug-likeness (QED) is 0.456. The summed E-state index contributed by atoms with van der Waals surface area (Å²) in [6.07, 6.45) is 6.35. The number of rotatable bonds is 5. The van der Waals surface area contributed by atoms with Crippen molar-refractivity contribution in [2.75, 3.05) is 23.5 Å². The highest BCUT2D eigenvalue weighted by molar-refractivity contribution is 5.96. The fraction of sp³-hybridized carbons (Fsp3) is 0.484. The number of carboxylic acids is 1. The number of imidazole rings is 1. The van der Waals surface area contributed by atoms with Crippen LogP contribution < -0.4 is 9.80 Å². The average Bonchev–Trinajstić information content (AvgIpc) is 3.56. The second kappa shape index (κ2) is 10.6. The van der Waals surface area contributed by atoms with Gasteiger partial charge in [-0.05, 0) is 75.3 Å². The van der Waals surface area contributed by atoms with Gasteiger partial charge < -0.3 is 19.3 Å². The largest absolute Gasteiger partial charge is 0.481 e. The summed E-state index contributed by atoms with van der Waals surface area (Å²) in [5, 5.41) is 9.79. The summed E-state index contributed by atoms with van der Waals surface area (Å²) in [5.74, 6) is -0.0370. The van der Waals surface area contributed by atoms with Gasteiger partial charge in [0.2, 0.25) is 5.91 Å². The van der Waals surface area contributed by atoms with Gasteiger partial charge in [-0.3, -0.25) is 14.5 Å². The summed E-state index contributed by atoms with van der Waals surface area (Å²) in [6, 6.07) is 12.2. The lowest BCUT2D eigenvalue weighted by atomic mass is 9.85. The fourth-order valence-corrected chi connectivity index (χ4v) is 6.88. The number of aromatic nitrogens is 2. The highest BCUT2D eigenvalue weighted by Crippen LogP contribution is 2.41. The molecule has 1 N–H and O–H groups in total. The number of anilines is 2. The molecular weight excluding hydrogens is 508 g/mol. The number of ether oxygens (including phenoxy) is 1. The summed E-state index contributed by atoms with van der Waals surface area (Å²) in [6.45, 7) is 2.79. The standard InChI is InChI=1S/C31H36N4O5/c1-19-8-13-24-25(34(19)31(39)40-2)14-15-26-29(24)32-27(35(26)23-6-3-5-21(18-23)30(37)38)17-20-9-11-22(12-10-20)33-16-4-7-28(33)36/h9-12,14-15,19,21,23H,3-8,13,16-18H2,1-2H3,(H,37,38)/t19-,21+,23+/m0/s1. The van der Waals surface area contributed by atoms with E-state index in [-0.39, 0.29) is 30.0 Å². The third kappa shape index (κ3) is 4.61. The molecule has 0 radical (unpaired) electrons.